The average Bonchev–Trinajstić information content (AvgIpc) is 2.04. The molecule has 0 radical (unpaired) electrons. The molecule has 0 heterocycles. The number of hydrogen-bond acceptors (Lipinski definition) is 2. The fraction of sp³-hybridized carbons (Fsp3) is 0.300. The van der Waals surface area contributed by atoms with Crippen LogP contribution >= 0.6 is 0 Å². The van der Waals surface area contributed by atoms with Crippen LogP contribution in [0.4, 0.5) is 0 Å². The monoisotopic (exact) mass is 178 g/mol. The Morgan fingerprint density at radius 2 is 2.23 bits per heavy atom. The molecule has 70 valence electrons. The maximum Gasteiger partial charge on any atom is 0.248 e. The standard InChI is InChI=1S/C10H14N2O/c1-12(2)7-8-3-5-9(6-4-8)10(11)13/h3,5-7H,4H2,1-2H3,(H2,11,13)/b8-7-. The summed E-state index contributed by atoms with van der Waals surface area (Å²) in [5, 5.41) is 0. The Morgan fingerprint density at radius 3 is 2.62 bits per heavy atom. The third-order valence-corrected chi connectivity index (χ3v) is 1.74. The molecule has 1 aliphatic rings. The SMILES string of the molecule is CN(C)/C=C1/C=CC(C(N)=O)=CC1. The van der Waals surface area contributed by atoms with Gasteiger partial charge in [0.15, 0.2) is 0 Å². The molecule has 13 heavy (non-hydrogen) atoms. The quantitative estimate of drug-likeness (QED) is 0.680. The van der Waals surface area contributed by atoms with Crippen LogP contribution in [0.3, 0.4) is 0 Å². The third kappa shape index (κ3) is 2.78. The molecular formula is C10H14N2O. The highest BCUT2D eigenvalue weighted by Crippen LogP contribution is 2.15. The number of carbonyl (C=O) groups excluding carboxylic acids is 1. The molecule has 3 nitrogen and oxygen atoms in total. The van der Waals surface area contributed by atoms with E-state index in [0.29, 0.717) is 5.57 Å². The van der Waals surface area contributed by atoms with Gasteiger partial charge in [0.1, 0.15) is 0 Å². The smallest absolute Gasteiger partial charge is 0.248 e. The predicted octanol–water partition coefficient (Wildman–Crippen LogP) is 0.804. The first-order valence-corrected chi connectivity index (χ1v) is 4.15. The van der Waals surface area contributed by atoms with Crippen molar-refractivity contribution < 1.29 is 4.79 Å². The lowest BCUT2D eigenvalue weighted by molar-refractivity contribution is -0.114. The number of nitrogens with two attached hydrogens (primary N) is 1. The van der Waals surface area contributed by atoms with Gasteiger partial charge in [-0.15, -0.1) is 0 Å². The summed E-state index contributed by atoms with van der Waals surface area (Å²) in [5.41, 5.74) is 6.89. The van der Waals surface area contributed by atoms with Crippen molar-refractivity contribution in [3.8, 4) is 0 Å². The third-order valence-electron chi connectivity index (χ3n) is 1.74. The number of rotatable bonds is 2. The van der Waals surface area contributed by atoms with Gasteiger partial charge in [0.05, 0.1) is 0 Å². The fourth-order valence-electron chi connectivity index (χ4n) is 1.17. The Labute approximate surface area is 78.2 Å². The second kappa shape index (κ2) is 3.94. The highest BCUT2D eigenvalue weighted by molar-refractivity contribution is 5.95. The van der Waals surface area contributed by atoms with E-state index in [1.807, 2.05) is 37.3 Å². The van der Waals surface area contributed by atoms with Crippen LogP contribution < -0.4 is 5.73 Å². The fourth-order valence-corrected chi connectivity index (χ4v) is 1.17. The van der Waals surface area contributed by atoms with Crippen molar-refractivity contribution in [3.63, 3.8) is 0 Å². The van der Waals surface area contributed by atoms with Gasteiger partial charge in [-0.1, -0.05) is 12.2 Å². The van der Waals surface area contributed by atoms with Gasteiger partial charge < -0.3 is 10.6 Å². The van der Waals surface area contributed by atoms with Gasteiger partial charge in [-0.2, -0.15) is 0 Å². The van der Waals surface area contributed by atoms with E-state index in [1.165, 1.54) is 5.57 Å². The van der Waals surface area contributed by atoms with Gasteiger partial charge >= 0.3 is 0 Å². The lowest BCUT2D eigenvalue weighted by atomic mass is 10.0. The molecule has 0 aliphatic heterocycles. The van der Waals surface area contributed by atoms with Crippen LogP contribution in [0.25, 0.3) is 0 Å². The molecule has 2 N–H and O–H groups in total. The first-order valence-electron chi connectivity index (χ1n) is 4.15. The van der Waals surface area contributed by atoms with E-state index < -0.39 is 0 Å². The molecule has 0 spiro atoms. The topological polar surface area (TPSA) is 46.3 Å². The van der Waals surface area contributed by atoms with E-state index in [2.05, 4.69) is 0 Å². The predicted molar refractivity (Wildman–Crippen MR) is 52.8 cm³/mol. The maximum atomic E-state index is 10.8. The van der Waals surface area contributed by atoms with Gasteiger partial charge in [-0.05, 0) is 18.1 Å². The van der Waals surface area contributed by atoms with Crippen molar-refractivity contribution in [2.75, 3.05) is 14.1 Å². The summed E-state index contributed by atoms with van der Waals surface area (Å²) in [7, 11) is 3.93. The van der Waals surface area contributed by atoms with Gasteiger partial charge in [0.2, 0.25) is 5.91 Å². The summed E-state index contributed by atoms with van der Waals surface area (Å²) < 4.78 is 0. The number of carbonyl (C=O) groups is 1. The first kappa shape index (κ1) is 9.58. The van der Waals surface area contributed by atoms with Crippen molar-refractivity contribution in [2.45, 2.75) is 6.42 Å². The molecule has 0 aromatic carbocycles. The molecule has 1 amide bonds. The minimum Gasteiger partial charge on any atom is -0.383 e. The molecule has 0 fully saturated rings. The van der Waals surface area contributed by atoms with E-state index in [1.54, 1.807) is 6.08 Å². The number of nitrogens with zero attached hydrogens (tertiary/aromatic N) is 1. The van der Waals surface area contributed by atoms with Crippen LogP contribution in [0, 0.1) is 0 Å². The number of hydrogen-bond donors (Lipinski definition) is 1. The van der Waals surface area contributed by atoms with Crippen LogP contribution in [0.5, 0.6) is 0 Å². The molecule has 0 aromatic rings. The zero-order chi connectivity index (χ0) is 9.84. The zero-order valence-corrected chi connectivity index (χ0v) is 7.95. The molecule has 1 rings (SSSR count). The van der Waals surface area contributed by atoms with E-state index in [-0.39, 0.29) is 5.91 Å². The minimum atomic E-state index is -0.361. The van der Waals surface area contributed by atoms with Gasteiger partial charge in [-0.25, -0.2) is 0 Å². The van der Waals surface area contributed by atoms with Gasteiger partial charge in [0, 0.05) is 25.9 Å². The Kier molecular flexibility index (Phi) is 2.90. The molecule has 3 heteroatoms. The molecule has 0 bridgehead atoms. The van der Waals surface area contributed by atoms with Crippen LogP contribution in [-0.4, -0.2) is 24.9 Å². The molecular weight excluding hydrogens is 164 g/mol. The van der Waals surface area contributed by atoms with E-state index in [0.717, 1.165) is 6.42 Å². The number of primary amides is 1. The van der Waals surface area contributed by atoms with Gasteiger partial charge in [0.25, 0.3) is 0 Å². The molecule has 0 saturated heterocycles. The first-order chi connectivity index (χ1) is 6.09. The number of amides is 1. The lowest BCUT2D eigenvalue weighted by Gasteiger charge is -2.10. The number of allylic oxidation sites excluding steroid dienone is 3. The molecule has 0 unspecified atom stereocenters. The molecule has 0 saturated carbocycles. The minimum absolute atomic E-state index is 0.361. The second-order valence-corrected chi connectivity index (χ2v) is 3.23. The normalized spacial score (nSPS) is 18.6. The Hall–Kier alpha value is -1.51. The van der Waals surface area contributed by atoms with E-state index >= 15 is 0 Å². The van der Waals surface area contributed by atoms with Crippen LogP contribution in [0.2, 0.25) is 0 Å². The van der Waals surface area contributed by atoms with Crippen molar-refractivity contribution in [3.05, 3.63) is 35.6 Å². The maximum absolute atomic E-state index is 10.8. The average molecular weight is 178 g/mol. The summed E-state index contributed by atoms with van der Waals surface area (Å²) in [6.45, 7) is 0. The Bertz CT molecular complexity index is 298. The summed E-state index contributed by atoms with van der Waals surface area (Å²) in [4.78, 5) is 12.7. The molecule has 0 atom stereocenters. The highest BCUT2D eigenvalue weighted by Gasteiger charge is 2.05. The van der Waals surface area contributed by atoms with Crippen molar-refractivity contribution in [1.29, 1.82) is 0 Å². The Morgan fingerprint density at radius 1 is 1.54 bits per heavy atom. The summed E-state index contributed by atoms with van der Waals surface area (Å²) >= 11 is 0. The molecule has 1 aliphatic carbocycles. The van der Waals surface area contributed by atoms with Crippen LogP contribution in [0.1, 0.15) is 6.42 Å². The van der Waals surface area contributed by atoms with E-state index in [9.17, 15) is 4.79 Å². The second-order valence-electron chi connectivity index (χ2n) is 3.23. The highest BCUT2D eigenvalue weighted by atomic mass is 16.1. The van der Waals surface area contributed by atoms with E-state index in [4.69, 9.17) is 5.73 Å². The van der Waals surface area contributed by atoms with Crippen LogP contribution in [-0.2, 0) is 4.79 Å². The molecule has 0 aromatic heterocycles. The van der Waals surface area contributed by atoms with Crippen molar-refractivity contribution in [2.24, 2.45) is 5.73 Å². The lowest BCUT2D eigenvalue weighted by Crippen LogP contribution is -2.13. The largest absolute Gasteiger partial charge is 0.383 e. The summed E-state index contributed by atoms with van der Waals surface area (Å²) in [5.74, 6) is -0.361. The summed E-state index contributed by atoms with van der Waals surface area (Å²) in [6, 6.07) is 0. The van der Waals surface area contributed by atoms with Crippen LogP contribution in [0.15, 0.2) is 35.6 Å². The zero-order valence-electron chi connectivity index (χ0n) is 7.95. The van der Waals surface area contributed by atoms with Gasteiger partial charge in [-0.3, -0.25) is 4.79 Å². The Balaban J connectivity index is 2.69. The summed E-state index contributed by atoms with van der Waals surface area (Å²) in [6.07, 6.45) is 8.30. The van der Waals surface area contributed by atoms with Crippen molar-refractivity contribution in [1.82, 2.24) is 4.90 Å². The van der Waals surface area contributed by atoms with Crippen molar-refractivity contribution >= 4 is 5.91 Å².